The highest BCUT2D eigenvalue weighted by Gasteiger charge is 2.07. The van der Waals surface area contributed by atoms with Crippen molar-refractivity contribution in [3.63, 3.8) is 0 Å². The summed E-state index contributed by atoms with van der Waals surface area (Å²) >= 11 is 0. The number of benzene rings is 3. The molecule has 3 aromatic carbocycles. The SMILES string of the molecule is C=Nc1ccccc1N(C)Cc1ccc(Oc2ccccc2)cc1. The average Bonchev–Trinajstić information content (AvgIpc) is 2.64. The molecule has 3 nitrogen and oxygen atoms in total. The van der Waals surface area contributed by atoms with Crippen molar-refractivity contribution >= 4 is 18.1 Å². The Kier molecular flexibility index (Phi) is 4.92. The third-order valence-corrected chi connectivity index (χ3v) is 3.79. The van der Waals surface area contributed by atoms with Crippen LogP contribution < -0.4 is 9.64 Å². The molecule has 24 heavy (non-hydrogen) atoms. The highest BCUT2D eigenvalue weighted by Crippen LogP contribution is 2.28. The van der Waals surface area contributed by atoms with Crippen LogP contribution in [0.1, 0.15) is 5.56 Å². The van der Waals surface area contributed by atoms with E-state index < -0.39 is 0 Å². The summed E-state index contributed by atoms with van der Waals surface area (Å²) in [6.45, 7) is 4.43. The second kappa shape index (κ2) is 7.47. The summed E-state index contributed by atoms with van der Waals surface area (Å²) < 4.78 is 5.82. The molecular weight excluding hydrogens is 296 g/mol. The predicted octanol–water partition coefficient (Wildman–Crippen LogP) is 5.45. The van der Waals surface area contributed by atoms with Gasteiger partial charge in [-0.15, -0.1) is 0 Å². The Morgan fingerprint density at radius 2 is 1.46 bits per heavy atom. The largest absolute Gasteiger partial charge is 0.457 e. The minimum atomic E-state index is 0.790. The van der Waals surface area contributed by atoms with Crippen LogP contribution in [0, 0.1) is 0 Å². The zero-order valence-electron chi connectivity index (χ0n) is 13.7. The van der Waals surface area contributed by atoms with E-state index in [-0.39, 0.29) is 0 Å². The van der Waals surface area contributed by atoms with Gasteiger partial charge in [-0.2, -0.15) is 0 Å². The first-order chi connectivity index (χ1) is 11.8. The molecule has 0 amide bonds. The highest BCUT2D eigenvalue weighted by molar-refractivity contribution is 5.68. The number of para-hydroxylation sites is 3. The van der Waals surface area contributed by atoms with Crippen molar-refractivity contribution in [3.05, 3.63) is 84.4 Å². The molecular formula is C21H20N2O. The molecule has 0 radical (unpaired) electrons. The fourth-order valence-electron chi connectivity index (χ4n) is 2.57. The lowest BCUT2D eigenvalue weighted by Gasteiger charge is -2.21. The Labute approximate surface area is 142 Å². The van der Waals surface area contributed by atoms with Crippen LogP contribution in [0.2, 0.25) is 0 Å². The molecule has 0 aliphatic carbocycles. The van der Waals surface area contributed by atoms with E-state index in [9.17, 15) is 0 Å². The van der Waals surface area contributed by atoms with Gasteiger partial charge in [0.1, 0.15) is 11.5 Å². The number of aliphatic imine (C=N–C) groups is 1. The van der Waals surface area contributed by atoms with E-state index in [1.165, 1.54) is 5.56 Å². The Hall–Kier alpha value is -3.07. The molecule has 0 fully saturated rings. The maximum atomic E-state index is 5.82. The molecule has 3 rings (SSSR count). The van der Waals surface area contributed by atoms with Crippen molar-refractivity contribution in [2.75, 3.05) is 11.9 Å². The van der Waals surface area contributed by atoms with Crippen LogP contribution >= 0.6 is 0 Å². The molecule has 0 saturated heterocycles. The van der Waals surface area contributed by atoms with Crippen LogP contribution in [0.4, 0.5) is 11.4 Å². The van der Waals surface area contributed by atoms with Gasteiger partial charge in [-0.1, -0.05) is 42.5 Å². The lowest BCUT2D eigenvalue weighted by Crippen LogP contribution is -2.16. The number of hydrogen-bond acceptors (Lipinski definition) is 3. The van der Waals surface area contributed by atoms with Crippen LogP contribution in [0.25, 0.3) is 0 Å². The molecule has 0 aliphatic rings. The molecule has 0 saturated carbocycles. The van der Waals surface area contributed by atoms with E-state index in [1.807, 2.05) is 60.7 Å². The second-order valence-electron chi connectivity index (χ2n) is 5.56. The summed E-state index contributed by atoms with van der Waals surface area (Å²) in [7, 11) is 2.05. The summed E-state index contributed by atoms with van der Waals surface area (Å²) in [5, 5.41) is 0. The lowest BCUT2D eigenvalue weighted by atomic mass is 10.2. The molecule has 0 heterocycles. The summed E-state index contributed by atoms with van der Waals surface area (Å²) in [5.41, 5.74) is 3.16. The van der Waals surface area contributed by atoms with Gasteiger partial charge in [0.25, 0.3) is 0 Å². The minimum absolute atomic E-state index is 0.790. The van der Waals surface area contributed by atoms with Crippen LogP contribution in [0.3, 0.4) is 0 Å². The standard InChI is InChI=1S/C21H20N2O/c1-22-20-10-6-7-11-21(20)23(2)16-17-12-14-19(15-13-17)24-18-8-4-3-5-9-18/h3-15H,1,16H2,2H3. The molecule has 0 unspecified atom stereocenters. The molecule has 0 spiro atoms. The fraction of sp³-hybridized carbons (Fsp3) is 0.0952. The third kappa shape index (κ3) is 3.82. The van der Waals surface area contributed by atoms with E-state index in [4.69, 9.17) is 4.74 Å². The predicted molar refractivity (Wildman–Crippen MR) is 101 cm³/mol. The molecule has 0 atom stereocenters. The van der Waals surface area contributed by atoms with Gasteiger partial charge in [0.2, 0.25) is 0 Å². The zero-order valence-corrected chi connectivity index (χ0v) is 13.7. The van der Waals surface area contributed by atoms with Crippen molar-refractivity contribution < 1.29 is 4.74 Å². The van der Waals surface area contributed by atoms with E-state index in [0.717, 1.165) is 29.4 Å². The van der Waals surface area contributed by atoms with Crippen LogP contribution in [-0.4, -0.2) is 13.8 Å². The van der Waals surface area contributed by atoms with Crippen molar-refractivity contribution in [2.24, 2.45) is 4.99 Å². The topological polar surface area (TPSA) is 24.8 Å². The molecule has 0 bridgehead atoms. The van der Waals surface area contributed by atoms with Gasteiger partial charge in [0.15, 0.2) is 0 Å². The van der Waals surface area contributed by atoms with Crippen LogP contribution in [-0.2, 0) is 6.54 Å². The lowest BCUT2D eigenvalue weighted by molar-refractivity contribution is 0.482. The van der Waals surface area contributed by atoms with Crippen LogP contribution in [0.15, 0.2) is 83.9 Å². The third-order valence-electron chi connectivity index (χ3n) is 3.79. The fourth-order valence-corrected chi connectivity index (χ4v) is 2.57. The summed E-state index contributed by atoms with van der Waals surface area (Å²) in [6, 6.07) is 25.9. The summed E-state index contributed by atoms with van der Waals surface area (Å²) in [5.74, 6) is 1.68. The first kappa shape index (κ1) is 15.8. The maximum absolute atomic E-state index is 5.82. The smallest absolute Gasteiger partial charge is 0.127 e. The van der Waals surface area contributed by atoms with Crippen molar-refractivity contribution in [2.45, 2.75) is 6.54 Å². The maximum Gasteiger partial charge on any atom is 0.127 e. The Morgan fingerprint density at radius 3 is 2.17 bits per heavy atom. The van der Waals surface area contributed by atoms with Gasteiger partial charge in [0, 0.05) is 13.6 Å². The first-order valence-electron chi connectivity index (χ1n) is 7.85. The van der Waals surface area contributed by atoms with E-state index >= 15 is 0 Å². The Bertz CT molecular complexity index is 798. The molecule has 0 aromatic heterocycles. The van der Waals surface area contributed by atoms with Crippen molar-refractivity contribution in [3.8, 4) is 11.5 Å². The first-order valence-corrected chi connectivity index (χ1v) is 7.85. The molecule has 3 heteroatoms. The molecule has 3 aromatic rings. The number of nitrogens with zero attached hydrogens (tertiary/aromatic N) is 2. The van der Waals surface area contributed by atoms with E-state index in [2.05, 4.69) is 41.9 Å². The van der Waals surface area contributed by atoms with E-state index in [0.29, 0.717) is 0 Å². The second-order valence-corrected chi connectivity index (χ2v) is 5.56. The Balaban J connectivity index is 1.68. The van der Waals surface area contributed by atoms with E-state index in [1.54, 1.807) is 0 Å². The van der Waals surface area contributed by atoms with Gasteiger partial charge in [0.05, 0.1) is 11.4 Å². The van der Waals surface area contributed by atoms with Gasteiger partial charge in [-0.25, -0.2) is 0 Å². The zero-order chi connectivity index (χ0) is 16.8. The number of rotatable bonds is 6. The molecule has 120 valence electrons. The molecule has 0 aliphatic heterocycles. The number of ether oxygens (including phenoxy) is 1. The van der Waals surface area contributed by atoms with Gasteiger partial charge >= 0.3 is 0 Å². The molecule has 0 N–H and O–H groups in total. The quantitative estimate of drug-likeness (QED) is 0.565. The van der Waals surface area contributed by atoms with Crippen molar-refractivity contribution in [1.29, 1.82) is 0 Å². The average molecular weight is 316 g/mol. The summed E-state index contributed by atoms with van der Waals surface area (Å²) in [4.78, 5) is 6.25. The van der Waals surface area contributed by atoms with Crippen molar-refractivity contribution in [1.82, 2.24) is 0 Å². The van der Waals surface area contributed by atoms with Crippen LogP contribution in [0.5, 0.6) is 11.5 Å². The number of anilines is 1. The monoisotopic (exact) mass is 316 g/mol. The minimum Gasteiger partial charge on any atom is -0.457 e. The van der Waals surface area contributed by atoms with Gasteiger partial charge in [-0.05, 0) is 48.7 Å². The Morgan fingerprint density at radius 1 is 0.833 bits per heavy atom. The summed E-state index contributed by atoms with van der Waals surface area (Å²) in [6.07, 6.45) is 0. The normalized spacial score (nSPS) is 10.2. The highest BCUT2D eigenvalue weighted by atomic mass is 16.5. The number of hydrogen-bond donors (Lipinski definition) is 0. The van der Waals surface area contributed by atoms with Gasteiger partial charge in [-0.3, -0.25) is 4.99 Å². The van der Waals surface area contributed by atoms with Gasteiger partial charge < -0.3 is 9.64 Å².